The Bertz CT molecular complexity index is 3560. The number of hydrogen-bond acceptors (Lipinski definition) is 2. The Kier molecular flexibility index (Phi) is 8.06. The van der Waals surface area contributed by atoms with Crippen LogP contribution in [0.4, 0.5) is 34.1 Å². The fourth-order valence-electron chi connectivity index (χ4n) is 12.1. The second-order valence-corrected chi connectivity index (χ2v) is 20.2. The van der Waals surface area contributed by atoms with Gasteiger partial charge in [-0.1, -0.05) is 157 Å². The molecule has 0 radical (unpaired) electrons. The zero-order chi connectivity index (χ0) is 44.7. The minimum Gasteiger partial charge on any atom is -0.310 e. The van der Waals surface area contributed by atoms with Crippen molar-refractivity contribution in [2.75, 3.05) is 9.80 Å². The summed E-state index contributed by atoms with van der Waals surface area (Å²) in [6.45, 7) is 14.4. The van der Waals surface area contributed by atoms with E-state index >= 15 is 0 Å². The van der Waals surface area contributed by atoms with Crippen LogP contribution in [0, 0.1) is 0 Å². The molecular formula is C63H51N3. The molecule has 1 aliphatic carbocycles. The van der Waals surface area contributed by atoms with Crippen LogP contribution in [0.2, 0.25) is 0 Å². The van der Waals surface area contributed by atoms with Gasteiger partial charge in [0.2, 0.25) is 0 Å². The van der Waals surface area contributed by atoms with Gasteiger partial charge in [-0.05, 0) is 141 Å². The van der Waals surface area contributed by atoms with Gasteiger partial charge in [-0.15, -0.1) is 0 Å². The van der Waals surface area contributed by atoms with Gasteiger partial charge in [0.15, 0.2) is 0 Å². The standard InChI is InChI=1S/C63H51N3/c1-61(2)52-26-17-16-25-48(52)49-34-33-46(38-55(49)61)64(42-19-10-7-11-20-42)45-31-29-40(30-32-45)41-35-50-51-37-47(65(43-21-12-8-13-22-43)44-23-14-9-15-24-44)39-57-59(51)66-58(50)56(36-41)62(3,4)53-27-18-28-54(60(53)66)63(57,5)6/h7-39H,1-6H3. The molecule has 0 saturated carbocycles. The molecule has 3 nitrogen and oxygen atoms in total. The Hall–Kier alpha value is -7.62. The highest BCUT2D eigenvalue weighted by Gasteiger charge is 2.44. The van der Waals surface area contributed by atoms with Gasteiger partial charge in [0.25, 0.3) is 0 Å². The quantitative estimate of drug-likeness (QED) is 0.158. The van der Waals surface area contributed by atoms with Crippen LogP contribution in [-0.2, 0) is 16.2 Å². The molecule has 0 N–H and O–H groups in total. The van der Waals surface area contributed by atoms with E-state index in [1.807, 2.05) is 0 Å². The van der Waals surface area contributed by atoms with E-state index in [0.29, 0.717) is 0 Å². The number of aromatic nitrogens is 1. The summed E-state index contributed by atoms with van der Waals surface area (Å²) in [6.07, 6.45) is 0. The van der Waals surface area contributed by atoms with Crippen molar-refractivity contribution in [3.05, 3.63) is 234 Å². The fraction of sp³-hybridized carbons (Fsp3) is 0.143. The fourth-order valence-corrected chi connectivity index (χ4v) is 12.1. The van der Waals surface area contributed by atoms with Crippen LogP contribution in [0.3, 0.4) is 0 Å². The largest absolute Gasteiger partial charge is 0.310 e. The number of hydrogen-bond donors (Lipinski definition) is 0. The minimum absolute atomic E-state index is 0.0930. The van der Waals surface area contributed by atoms with E-state index < -0.39 is 0 Å². The van der Waals surface area contributed by atoms with Crippen LogP contribution >= 0.6 is 0 Å². The Labute approximate surface area is 387 Å². The van der Waals surface area contributed by atoms with Gasteiger partial charge >= 0.3 is 0 Å². The molecule has 0 unspecified atom stereocenters. The third-order valence-corrected chi connectivity index (χ3v) is 15.5. The molecule has 318 valence electrons. The van der Waals surface area contributed by atoms with Gasteiger partial charge in [0, 0.05) is 61.1 Å². The SMILES string of the molecule is CC1(C)c2ccccc2-c2ccc(N(c3ccccc3)c3ccc(-c4cc5c6c(c4)c4cc(N(c7ccccc7)c7ccccc7)cc7c4n6-c4c(cccc4C7(C)C)C5(C)C)cc3)cc21. The molecule has 0 bridgehead atoms. The Morgan fingerprint density at radius 2 is 0.742 bits per heavy atom. The summed E-state index contributed by atoms with van der Waals surface area (Å²) in [5.74, 6) is 0. The third-order valence-electron chi connectivity index (χ3n) is 15.5. The first-order chi connectivity index (χ1) is 32.0. The summed E-state index contributed by atoms with van der Waals surface area (Å²) < 4.78 is 2.64. The summed E-state index contributed by atoms with van der Waals surface area (Å²) >= 11 is 0. The lowest BCUT2D eigenvalue weighted by molar-refractivity contribution is 0.594. The first kappa shape index (κ1) is 38.8. The molecule has 10 aromatic rings. The molecule has 3 aliphatic rings. The van der Waals surface area contributed by atoms with Crippen LogP contribution < -0.4 is 9.80 Å². The van der Waals surface area contributed by atoms with Gasteiger partial charge in [0.05, 0.1) is 16.7 Å². The average molecular weight is 850 g/mol. The Morgan fingerprint density at radius 3 is 1.35 bits per heavy atom. The first-order valence-corrected chi connectivity index (χ1v) is 23.4. The monoisotopic (exact) mass is 849 g/mol. The van der Waals surface area contributed by atoms with Crippen molar-refractivity contribution in [2.45, 2.75) is 57.8 Å². The lowest BCUT2D eigenvalue weighted by Crippen LogP contribution is -2.33. The van der Waals surface area contributed by atoms with Gasteiger partial charge in [-0.3, -0.25) is 0 Å². The average Bonchev–Trinajstić information content (AvgIpc) is 3.79. The maximum Gasteiger partial charge on any atom is 0.0583 e. The zero-order valence-corrected chi connectivity index (χ0v) is 38.4. The molecule has 9 aromatic carbocycles. The van der Waals surface area contributed by atoms with E-state index in [4.69, 9.17) is 0 Å². The second kappa shape index (κ2) is 13.7. The molecule has 2 aliphatic heterocycles. The van der Waals surface area contributed by atoms with E-state index in [2.05, 4.69) is 256 Å². The molecule has 13 rings (SSSR count). The van der Waals surface area contributed by atoms with Crippen molar-refractivity contribution in [3.63, 3.8) is 0 Å². The molecule has 0 amide bonds. The molecule has 3 heteroatoms. The molecule has 66 heavy (non-hydrogen) atoms. The highest BCUT2D eigenvalue weighted by molar-refractivity contribution is 6.16. The van der Waals surface area contributed by atoms with Crippen molar-refractivity contribution in [1.29, 1.82) is 0 Å². The van der Waals surface area contributed by atoms with E-state index in [9.17, 15) is 0 Å². The number of fused-ring (bicyclic) bond motifs is 4. The Morgan fingerprint density at radius 1 is 0.303 bits per heavy atom. The van der Waals surface area contributed by atoms with Crippen LogP contribution in [0.1, 0.15) is 74.9 Å². The number of rotatable bonds is 7. The van der Waals surface area contributed by atoms with Crippen LogP contribution in [0.25, 0.3) is 49.7 Å². The summed E-state index contributed by atoms with van der Waals surface area (Å²) in [7, 11) is 0. The maximum atomic E-state index is 2.64. The molecule has 0 fully saturated rings. The van der Waals surface area contributed by atoms with Gasteiger partial charge in [0.1, 0.15) is 0 Å². The molecule has 0 atom stereocenters. The van der Waals surface area contributed by atoms with E-state index in [1.165, 1.54) is 83.1 Å². The highest BCUT2D eigenvalue weighted by atomic mass is 15.1. The summed E-state index contributed by atoms with van der Waals surface area (Å²) in [6, 6.07) is 74.6. The van der Waals surface area contributed by atoms with Gasteiger partial charge in [-0.2, -0.15) is 0 Å². The van der Waals surface area contributed by atoms with Crippen molar-refractivity contribution in [2.24, 2.45) is 0 Å². The highest BCUT2D eigenvalue weighted by Crippen LogP contribution is 2.57. The van der Waals surface area contributed by atoms with Gasteiger partial charge < -0.3 is 14.4 Å². The number of anilines is 6. The molecule has 3 heterocycles. The number of para-hydroxylation sites is 4. The normalized spacial score (nSPS) is 15.2. The minimum atomic E-state index is -0.238. The lowest BCUT2D eigenvalue weighted by atomic mass is 9.68. The van der Waals surface area contributed by atoms with Crippen molar-refractivity contribution >= 4 is 55.9 Å². The van der Waals surface area contributed by atoms with E-state index in [1.54, 1.807) is 0 Å². The number of nitrogens with zero attached hydrogens (tertiary/aromatic N) is 3. The first-order valence-electron chi connectivity index (χ1n) is 23.4. The van der Waals surface area contributed by atoms with Crippen LogP contribution in [0.5, 0.6) is 0 Å². The van der Waals surface area contributed by atoms with Crippen molar-refractivity contribution in [3.8, 4) is 27.9 Å². The van der Waals surface area contributed by atoms with Crippen molar-refractivity contribution in [1.82, 2.24) is 4.57 Å². The maximum absolute atomic E-state index is 2.64. The Balaban J connectivity index is 1.01. The zero-order valence-electron chi connectivity index (χ0n) is 38.4. The van der Waals surface area contributed by atoms with E-state index in [0.717, 1.165) is 34.1 Å². The summed E-state index contributed by atoms with van der Waals surface area (Å²) in [5, 5.41) is 2.59. The topological polar surface area (TPSA) is 11.4 Å². The molecule has 0 saturated heterocycles. The second-order valence-electron chi connectivity index (χ2n) is 20.2. The van der Waals surface area contributed by atoms with E-state index in [-0.39, 0.29) is 16.2 Å². The predicted molar refractivity (Wildman–Crippen MR) is 277 cm³/mol. The summed E-state index contributed by atoms with van der Waals surface area (Å²) in [5.41, 5.74) is 23.7. The third kappa shape index (κ3) is 5.31. The predicted octanol–water partition coefficient (Wildman–Crippen LogP) is 17.0. The summed E-state index contributed by atoms with van der Waals surface area (Å²) in [4.78, 5) is 4.83. The smallest absolute Gasteiger partial charge is 0.0583 e. The molecule has 1 aromatic heterocycles. The van der Waals surface area contributed by atoms with Crippen LogP contribution in [0.15, 0.2) is 200 Å². The number of benzene rings is 9. The molecular weight excluding hydrogens is 799 g/mol. The van der Waals surface area contributed by atoms with Gasteiger partial charge in [-0.25, -0.2) is 0 Å². The van der Waals surface area contributed by atoms with Crippen molar-refractivity contribution < 1.29 is 0 Å². The lowest BCUT2D eigenvalue weighted by Gasteiger charge is -2.42. The molecule has 0 spiro atoms. The van der Waals surface area contributed by atoms with Crippen LogP contribution in [-0.4, -0.2) is 4.57 Å².